The van der Waals surface area contributed by atoms with Crippen LogP contribution in [0, 0.1) is 0 Å². The van der Waals surface area contributed by atoms with E-state index >= 15 is 0 Å². The van der Waals surface area contributed by atoms with Crippen molar-refractivity contribution in [2.24, 2.45) is 0 Å². The van der Waals surface area contributed by atoms with Crippen LogP contribution in [0.25, 0.3) is 0 Å². The fourth-order valence-electron chi connectivity index (χ4n) is 0.865. The van der Waals surface area contributed by atoms with Crippen molar-refractivity contribution in [3.63, 3.8) is 0 Å². The normalized spacial score (nSPS) is 18.1. The number of rotatable bonds is 3. The molecule has 1 heterocycles. The molecule has 15 heavy (non-hydrogen) atoms. The van der Waals surface area contributed by atoms with Gasteiger partial charge in [0.05, 0.1) is 0 Å². The van der Waals surface area contributed by atoms with Gasteiger partial charge in [-0.15, -0.1) is 0 Å². The molecular formula is C6H9NO6P2. The Morgan fingerprint density at radius 1 is 1.20 bits per heavy atom. The predicted molar refractivity (Wildman–Crippen MR) is 51.7 cm³/mol. The summed E-state index contributed by atoms with van der Waals surface area (Å²) in [6, 6.07) is 3.95. The van der Waals surface area contributed by atoms with Crippen molar-refractivity contribution in [1.82, 2.24) is 4.98 Å². The number of aliphatic hydroxyl groups excluding tert-OH is 1. The lowest BCUT2D eigenvalue weighted by molar-refractivity contribution is 0.245. The van der Waals surface area contributed by atoms with Crippen molar-refractivity contribution in [3.8, 4) is 0 Å². The van der Waals surface area contributed by atoms with Gasteiger partial charge in [-0.1, -0.05) is 6.07 Å². The molecule has 7 nitrogen and oxygen atoms in total. The zero-order valence-electron chi connectivity index (χ0n) is 7.33. The van der Waals surface area contributed by atoms with Gasteiger partial charge in [-0.2, -0.15) is 0 Å². The van der Waals surface area contributed by atoms with E-state index in [0.29, 0.717) is 0 Å². The summed E-state index contributed by atoms with van der Waals surface area (Å²) in [5.74, 6) is 0. The fourth-order valence-corrected chi connectivity index (χ4v) is 3.62. The Labute approximate surface area is 85.0 Å². The third-order valence-corrected chi connectivity index (χ3v) is 5.58. The first-order valence-electron chi connectivity index (χ1n) is 3.73. The van der Waals surface area contributed by atoms with Crippen LogP contribution < -0.4 is 5.44 Å². The van der Waals surface area contributed by atoms with Crippen molar-refractivity contribution in [2.45, 2.75) is 5.59 Å². The van der Waals surface area contributed by atoms with Crippen LogP contribution in [-0.2, 0) is 9.13 Å². The summed E-state index contributed by atoms with van der Waals surface area (Å²) < 4.78 is 22.1. The number of hydrogen-bond donors (Lipinski definition) is 4. The molecule has 0 radical (unpaired) electrons. The smallest absolute Gasteiger partial charge is 0.364 e. The molecule has 4 N–H and O–H groups in total. The second-order valence-corrected chi connectivity index (χ2v) is 7.01. The van der Waals surface area contributed by atoms with Gasteiger partial charge in [-0.05, 0) is 12.1 Å². The zero-order valence-corrected chi connectivity index (χ0v) is 9.12. The lowest BCUT2D eigenvalue weighted by Gasteiger charge is -2.17. The second-order valence-electron chi connectivity index (χ2n) is 2.75. The number of nitrogens with zero attached hydrogens (tertiary/aromatic N) is 1. The maximum absolute atomic E-state index is 11.5. The Kier molecular flexibility index (Phi) is 3.45. The molecule has 0 aliphatic rings. The summed E-state index contributed by atoms with van der Waals surface area (Å²) in [5.41, 5.74) is -3.08. The molecule has 1 aromatic heterocycles. The van der Waals surface area contributed by atoms with E-state index in [9.17, 15) is 14.0 Å². The molecule has 0 saturated carbocycles. The highest BCUT2D eigenvalue weighted by Crippen LogP contribution is 2.59. The maximum Gasteiger partial charge on any atom is 0.364 e. The molecule has 2 unspecified atom stereocenters. The quantitative estimate of drug-likeness (QED) is 0.531. The highest BCUT2D eigenvalue weighted by atomic mass is 31.2. The van der Waals surface area contributed by atoms with E-state index in [-0.39, 0.29) is 0 Å². The molecular weight excluding hydrogens is 244 g/mol. The maximum atomic E-state index is 11.5. The molecule has 2 atom stereocenters. The first-order chi connectivity index (χ1) is 6.76. The lowest BCUT2D eigenvalue weighted by Crippen LogP contribution is -2.19. The molecule has 0 aliphatic carbocycles. The van der Waals surface area contributed by atoms with E-state index in [1.807, 2.05) is 0 Å². The Bertz CT molecular complexity index is 429. The van der Waals surface area contributed by atoms with Gasteiger partial charge in [0.25, 0.3) is 7.37 Å². The first-order valence-corrected chi connectivity index (χ1v) is 7.14. The third-order valence-electron chi connectivity index (χ3n) is 1.59. The molecule has 9 heteroatoms. The highest BCUT2D eigenvalue weighted by molar-refractivity contribution is 7.77. The molecule has 0 saturated heterocycles. The minimum absolute atomic E-state index is 0.444. The van der Waals surface area contributed by atoms with E-state index in [0.717, 1.165) is 6.07 Å². The van der Waals surface area contributed by atoms with Gasteiger partial charge in [0.2, 0.25) is 5.59 Å². The van der Waals surface area contributed by atoms with E-state index in [1.54, 1.807) is 0 Å². The summed E-state index contributed by atoms with van der Waals surface area (Å²) in [6.07, 6.45) is 1.19. The van der Waals surface area contributed by atoms with Crippen LogP contribution in [0.15, 0.2) is 24.4 Å². The SMILES string of the molecule is O=P(O)(O)C(O)P(=O)(O)c1ccccn1. The van der Waals surface area contributed by atoms with E-state index in [1.165, 1.54) is 18.3 Å². The van der Waals surface area contributed by atoms with E-state index in [4.69, 9.17) is 14.9 Å². The van der Waals surface area contributed by atoms with Gasteiger partial charge >= 0.3 is 7.60 Å². The average molecular weight is 253 g/mol. The second kappa shape index (κ2) is 4.14. The van der Waals surface area contributed by atoms with Crippen LogP contribution in [0.1, 0.15) is 0 Å². The van der Waals surface area contributed by atoms with Crippen molar-refractivity contribution in [3.05, 3.63) is 24.4 Å². The molecule has 1 aromatic rings. The summed E-state index contributed by atoms with van der Waals surface area (Å²) in [6.45, 7) is 0. The van der Waals surface area contributed by atoms with Gasteiger partial charge in [0, 0.05) is 6.20 Å². The van der Waals surface area contributed by atoms with E-state index < -0.39 is 26.0 Å². The van der Waals surface area contributed by atoms with Crippen LogP contribution in [0.4, 0.5) is 0 Å². The molecule has 0 fully saturated rings. The van der Waals surface area contributed by atoms with E-state index in [2.05, 4.69) is 4.98 Å². The molecule has 0 bridgehead atoms. The Morgan fingerprint density at radius 3 is 2.20 bits per heavy atom. The third kappa shape index (κ3) is 2.72. The van der Waals surface area contributed by atoms with Crippen molar-refractivity contribution in [1.29, 1.82) is 0 Å². The first kappa shape index (κ1) is 12.5. The summed E-state index contributed by atoms with van der Waals surface area (Å²) in [4.78, 5) is 30.0. The Balaban J connectivity index is 3.15. The summed E-state index contributed by atoms with van der Waals surface area (Å²) in [5, 5.41) is 9.05. The van der Waals surface area contributed by atoms with Crippen LogP contribution in [-0.4, -0.2) is 30.4 Å². The molecule has 0 spiro atoms. The van der Waals surface area contributed by atoms with Crippen molar-refractivity contribution >= 4 is 20.4 Å². The minimum atomic E-state index is -5.04. The zero-order chi connectivity index (χ0) is 11.7. The number of hydrogen-bond acceptors (Lipinski definition) is 4. The standard InChI is InChI=1S/C6H9NO6P2/c8-6(15(11,12)13)14(9,10)5-3-1-2-4-7-5/h1-4,6,8H,(H,9,10)(H2,11,12,13). The molecule has 1 rings (SSSR count). The average Bonchev–Trinajstić information content (AvgIpc) is 2.16. The van der Waals surface area contributed by atoms with Crippen molar-refractivity contribution in [2.75, 3.05) is 0 Å². The van der Waals surface area contributed by atoms with Gasteiger partial charge in [-0.25, -0.2) is 0 Å². The fraction of sp³-hybridized carbons (Fsp3) is 0.167. The Morgan fingerprint density at radius 2 is 1.80 bits per heavy atom. The van der Waals surface area contributed by atoms with Crippen LogP contribution >= 0.6 is 15.0 Å². The monoisotopic (exact) mass is 253 g/mol. The lowest BCUT2D eigenvalue weighted by atomic mass is 10.5. The van der Waals surface area contributed by atoms with Crippen LogP contribution in [0.2, 0.25) is 0 Å². The highest BCUT2D eigenvalue weighted by Gasteiger charge is 2.44. The molecule has 0 aromatic carbocycles. The number of aliphatic hydroxyl groups is 1. The predicted octanol–water partition coefficient (Wildman–Crippen LogP) is -0.569. The Hall–Kier alpha value is -0.550. The van der Waals surface area contributed by atoms with Gasteiger partial charge in [-0.3, -0.25) is 14.1 Å². The van der Waals surface area contributed by atoms with Gasteiger partial charge in [0.15, 0.2) is 0 Å². The topological polar surface area (TPSA) is 128 Å². The summed E-state index contributed by atoms with van der Waals surface area (Å²) in [7, 11) is -9.62. The van der Waals surface area contributed by atoms with Gasteiger partial charge < -0.3 is 19.8 Å². The largest absolute Gasteiger partial charge is 0.372 e. The molecule has 0 aliphatic heterocycles. The number of pyridine rings is 1. The molecule has 84 valence electrons. The number of aromatic nitrogens is 1. The summed E-state index contributed by atoms with van der Waals surface area (Å²) >= 11 is 0. The van der Waals surface area contributed by atoms with Crippen LogP contribution in [0.5, 0.6) is 0 Å². The molecule has 0 amide bonds. The van der Waals surface area contributed by atoms with Crippen LogP contribution in [0.3, 0.4) is 0 Å². The van der Waals surface area contributed by atoms with Crippen molar-refractivity contribution < 1.29 is 28.9 Å². The van der Waals surface area contributed by atoms with Gasteiger partial charge in [0.1, 0.15) is 5.44 Å². The minimum Gasteiger partial charge on any atom is -0.372 e.